The molecule has 0 bridgehead atoms. The second kappa shape index (κ2) is 6.41. The summed E-state index contributed by atoms with van der Waals surface area (Å²) < 4.78 is 5.11. The minimum atomic E-state index is -0.749. The minimum Gasteiger partial charge on any atom is -0.459 e. The Morgan fingerprint density at radius 3 is 2.25 bits per heavy atom. The maximum Gasteiger partial charge on any atom is 0.328 e. The number of primary amides is 1. The number of carbonyl (C=O) groups excluding carboxylic acids is 2. The average Bonchev–Trinajstić information content (AvgIpc) is 2.34. The second-order valence-electron chi connectivity index (χ2n) is 5.78. The molecule has 0 aliphatic heterocycles. The van der Waals surface area contributed by atoms with Gasteiger partial charge in [0.25, 0.3) is 0 Å². The third kappa shape index (κ3) is 4.91. The van der Waals surface area contributed by atoms with Gasteiger partial charge in [-0.1, -0.05) is 45.0 Å². The molecule has 1 aromatic rings. The Labute approximate surface area is 119 Å². The first-order chi connectivity index (χ1) is 9.20. The van der Waals surface area contributed by atoms with Crippen LogP contribution in [0.5, 0.6) is 0 Å². The highest BCUT2D eigenvalue weighted by Gasteiger charge is 2.16. The third-order valence-electron chi connectivity index (χ3n) is 2.91. The zero-order valence-electron chi connectivity index (χ0n) is 12.4. The Bertz CT molecular complexity index is 475. The highest BCUT2D eigenvalue weighted by Crippen LogP contribution is 2.22. The maximum atomic E-state index is 11.6. The predicted octanol–water partition coefficient (Wildman–Crippen LogP) is 2.08. The summed E-state index contributed by atoms with van der Waals surface area (Å²) in [7, 11) is 0. The number of amides is 2. The molecule has 0 spiro atoms. The van der Waals surface area contributed by atoms with Crippen LogP contribution in [0.3, 0.4) is 0 Å². The van der Waals surface area contributed by atoms with Crippen molar-refractivity contribution in [1.29, 1.82) is 0 Å². The third-order valence-corrected chi connectivity index (χ3v) is 2.91. The number of rotatable bonds is 4. The first-order valence-corrected chi connectivity index (χ1v) is 6.52. The summed E-state index contributed by atoms with van der Waals surface area (Å²) in [6.45, 7) is 8.11. The largest absolute Gasteiger partial charge is 0.459 e. The number of nitrogens with two attached hydrogens (primary N) is 1. The minimum absolute atomic E-state index is 0.0924. The number of urea groups is 1. The summed E-state index contributed by atoms with van der Waals surface area (Å²) in [5, 5.41) is 2.27. The zero-order chi connectivity index (χ0) is 15.3. The van der Waals surface area contributed by atoms with Crippen molar-refractivity contribution in [2.75, 3.05) is 0 Å². The quantitative estimate of drug-likeness (QED) is 0.827. The van der Waals surface area contributed by atoms with Gasteiger partial charge in [-0.15, -0.1) is 0 Å². The van der Waals surface area contributed by atoms with Crippen molar-refractivity contribution in [3.63, 3.8) is 0 Å². The number of nitrogens with one attached hydrogen (secondary N) is 1. The van der Waals surface area contributed by atoms with Crippen LogP contribution in [0.25, 0.3) is 0 Å². The number of hydrogen-bond acceptors (Lipinski definition) is 3. The van der Waals surface area contributed by atoms with E-state index in [2.05, 4.69) is 26.1 Å². The van der Waals surface area contributed by atoms with Crippen LogP contribution in [0.2, 0.25) is 0 Å². The number of esters is 1. The highest BCUT2D eigenvalue weighted by atomic mass is 16.5. The first kappa shape index (κ1) is 16.0. The second-order valence-corrected chi connectivity index (χ2v) is 5.78. The average molecular weight is 278 g/mol. The van der Waals surface area contributed by atoms with Crippen LogP contribution in [0, 0.1) is 0 Å². The Morgan fingerprint density at radius 2 is 1.80 bits per heavy atom. The van der Waals surface area contributed by atoms with Crippen molar-refractivity contribution in [1.82, 2.24) is 5.32 Å². The number of benzene rings is 1. The van der Waals surface area contributed by atoms with Gasteiger partial charge in [0.1, 0.15) is 12.6 Å². The molecule has 1 aromatic carbocycles. The Morgan fingerprint density at radius 1 is 1.25 bits per heavy atom. The fourth-order valence-electron chi connectivity index (χ4n) is 1.65. The monoisotopic (exact) mass is 278 g/mol. The van der Waals surface area contributed by atoms with E-state index in [4.69, 9.17) is 10.5 Å². The molecule has 0 aromatic heterocycles. The smallest absolute Gasteiger partial charge is 0.328 e. The van der Waals surface area contributed by atoms with Gasteiger partial charge in [0, 0.05) is 0 Å². The molecule has 1 atom stereocenters. The fourth-order valence-corrected chi connectivity index (χ4v) is 1.65. The van der Waals surface area contributed by atoms with E-state index < -0.39 is 18.0 Å². The molecule has 0 aliphatic rings. The Hall–Kier alpha value is -2.04. The van der Waals surface area contributed by atoms with Gasteiger partial charge in [0.05, 0.1) is 0 Å². The van der Waals surface area contributed by atoms with E-state index in [9.17, 15) is 9.59 Å². The van der Waals surface area contributed by atoms with Gasteiger partial charge in [0.2, 0.25) is 0 Å². The lowest BCUT2D eigenvalue weighted by Gasteiger charge is -2.19. The van der Waals surface area contributed by atoms with Gasteiger partial charge in [-0.05, 0) is 23.5 Å². The lowest BCUT2D eigenvalue weighted by atomic mass is 9.87. The zero-order valence-corrected chi connectivity index (χ0v) is 12.4. The molecule has 0 heterocycles. The normalized spacial score (nSPS) is 12.6. The van der Waals surface area contributed by atoms with Gasteiger partial charge in [0.15, 0.2) is 0 Å². The van der Waals surface area contributed by atoms with E-state index in [0.29, 0.717) is 0 Å². The summed E-state index contributed by atoms with van der Waals surface area (Å²) in [4.78, 5) is 22.2. The van der Waals surface area contributed by atoms with Crippen LogP contribution in [0.15, 0.2) is 24.3 Å². The lowest BCUT2D eigenvalue weighted by molar-refractivity contribution is -0.146. The summed E-state index contributed by atoms with van der Waals surface area (Å²) in [6.07, 6.45) is 0. The van der Waals surface area contributed by atoms with E-state index in [-0.39, 0.29) is 12.0 Å². The van der Waals surface area contributed by atoms with Crippen LogP contribution >= 0.6 is 0 Å². The molecule has 0 saturated heterocycles. The van der Waals surface area contributed by atoms with Crippen molar-refractivity contribution in [2.45, 2.75) is 45.8 Å². The van der Waals surface area contributed by atoms with Crippen molar-refractivity contribution >= 4 is 12.0 Å². The van der Waals surface area contributed by atoms with E-state index >= 15 is 0 Å². The summed E-state index contributed by atoms with van der Waals surface area (Å²) >= 11 is 0. The van der Waals surface area contributed by atoms with Crippen LogP contribution in [0.4, 0.5) is 4.79 Å². The molecule has 3 N–H and O–H groups in total. The summed E-state index contributed by atoms with van der Waals surface area (Å²) in [5.74, 6) is -0.510. The molecule has 0 aliphatic carbocycles. The topological polar surface area (TPSA) is 81.4 Å². The van der Waals surface area contributed by atoms with Gasteiger partial charge in [-0.3, -0.25) is 0 Å². The molecule has 5 heteroatoms. The van der Waals surface area contributed by atoms with Crippen molar-refractivity contribution in [3.8, 4) is 0 Å². The molecular weight excluding hydrogens is 256 g/mol. The molecule has 0 fully saturated rings. The Balaban J connectivity index is 2.54. The SMILES string of the molecule is C[C@H](NC(N)=O)C(=O)OCc1ccc(C(C)(C)C)cc1. The van der Waals surface area contributed by atoms with Gasteiger partial charge < -0.3 is 15.8 Å². The summed E-state index contributed by atoms with van der Waals surface area (Å²) in [5.41, 5.74) is 7.15. The molecule has 20 heavy (non-hydrogen) atoms. The Kier molecular flexibility index (Phi) is 5.13. The van der Waals surface area contributed by atoms with Crippen molar-refractivity contribution in [2.24, 2.45) is 5.73 Å². The molecule has 0 saturated carbocycles. The van der Waals surface area contributed by atoms with Gasteiger partial charge >= 0.3 is 12.0 Å². The van der Waals surface area contributed by atoms with E-state index in [1.54, 1.807) is 0 Å². The number of hydrogen-bond donors (Lipinski definition) is 2. The molecule has 0 radical (unpaired) electrons. The standard InChI is InChI=1S/C15H22N2O3/c1-10(17-14(16)19)13(18)20-9-11-5-7-12(8-6-11)15(2,3)4/h5-8,10H,9H2,1-4H3,(H3,16,17,19)/t10-/m0/s1. The fraction of sp³-hybridized carbons (Fsp3) is 0.467. The molecule has 1 rings (SSSR count). The van der Waals surface area contributed by atoms with Crippen molar-refractivity contribution in [3.05, 3.63) is 35.4 Å². The molecule has 110 valence electrons. The van der Waals surface area contributed by atoms with E-state index in [1.807, 2.05) is 24.3 Å². The first-order valence-electron chi connectivity index (χ1n) is 6.52. The molecular formula is C15H22N2O3. The van der Waals surface area contributed by atoms with Gasteiger partial charge in [-0.2, -0.15) is 0 Å². The predicted molar refractivity (Wildman–Crippen MR) is 77.1 cm³/mol. The van der Waals surface area contributed by atoms with Gasteiger partial charge in [-0.25, -0.2) is 9.59 Å². The maximum absolute atomic E-state index is 11.6. The summed E-state index contributed by atoms with van der Waals surface area (Å²) in [6, 6.07) is 6.41. The van der Waals surface area contributed by atoms with Crippen LogP contribution in [-0.2, 0) is 21.6 Å². The van der Waals surface area contributed by atoms with E-state index in [1.165, 1.54) is 12.5 Å². The molecule has 0 unspecified atom stereocenters. The van der Waals surface area contributed by atoms with Crippen LogP contribution in [0.1, 0.15) is 38.8 Å². The van der Waals surface area contributed by atoms with Crippen molar-refractivity contribution < 1.29 is 14.3 Å². The number of carbonyl (C=O) groups is 2. The number of ether oxygens (including phenoxy) is 1. The lowest BCUT2D eigenvalue weighted by Crippen LogP contribution is -2.42. The van der Waals surface area contributed by atoms with Crippen LogP contribution in [-0.4, -0.2) is 18.0 Å². The molecule has 5 nitrogen and oxygen atoms in total. The van der Waals surface area contributed by atoms with E-state index in [0.717, 1.165) is 5.56 Å². The highest BCUT2D eigenvalue weighted by molar-refractivity contribution is 5.82. The molecule has 2 amide bonds. The van der Waals surface area contributed by atoms with Crippen LogP contribution < -0.4 is 11.1 Å².